The predicted molar refractivity (Wildman–Crippen MR) is 51.1 cm³/mol. The minimum Gasteiger partial charge on any atom is -0.299 e. The monoisotopic (exact) mass is 166 g/mol. The number of rotatable bonds is 0. The zero-order valence-corrected chi connectivity index (χ0v) is 7.77. The first kappa shape index (κ1) is 9.50. The Morgan fingerprint density at radius 2 is 1.50 bits per heavy atom. The van der Waals surface area contributed by atoms with Gasteiger partial charge in [0.05, 0.1) is 0 Å². The largest absolute Gasteiger partial charge is 0.299 e. The molecule has 1 aliphatic carbocycles. The number of hydrogen-bond acceptors (Lipinski definition) is 1. The molecule has 0 radical (unpaired) electrons. The van der Waals surface area contributed by atoms with Gasteiger partial charge in [-0.2, -0.15) is 0 Å². The third-order valence-electron chi connectivity index (χ3n) is 2.43. The molecule has 0 aromatic carbocycles. The van der Waals surface area contributed by atoms with Crippen LogP contribution in [0.3, 0.4) is 0 Å². The topological polar surface area (TPSA) is 17.1 Å². The maximum absolute atomic E-state index is 11.3. The van der Waals surface area contributed by atoms with Crippen molar-refractivity contribution in [3.63, 3.8) is 0 Å². The van der Waals surface area contributed by atoms with E-state index in [1.807, 2.05) is 0 Å². The highest BCUT2D eigenvalue weighted by Gasteiger charge is 2.06. The zero-order valence-electron chi connectivity index (χ0n) is 7.77. The second-order valence-corrected chi connectivity index (χ2v) is 3.73. The van der Waals surface area contributed by atoms with Gasteiger partial charge in [-0.1, -0.05) is 31.4 Å². The number of ketones is 1. The lowest BCUT2D eigenvalue weighted by Crippen LogP contribution is -2.01. The predicted octanol–water partition coefficient (Wildman–Crippen LogP) is 3.25. The van der Waals surface area contributed by atoms with Crippen molar-refractivity contribution in [1.29, 1.82) is 0 Å². The molecule has 1 nitrogen and oxygen atoms in total. The average Bonchev–Trinajstić information content (AvgIpc) is 2.02. The van der Waals surface area contributed by atoms with Gasteiger partial charge in [-0.05, 0) is 19.3 Å². The normalized spacial score (nSPS) is 22.3. The van der Waals surface area contributed by atoms with Gasteiger partial charge in [0.15, 0.2) is 0 Å². The van der Waals surface area contributed by atoms with Crippen LogP contribution in [0.25, 0.3) is 0 Å². The smallest absolute Gasteiger partial charge is 0.136 e. The minimum atomic E-state index is 0.391. The van der Waals surface area contributed by atoms with Gasteiger partial charge in [0, 0.05) is 12.8 Å². The van der Waals surface area contributed by atoms with E-state index in [4.69, 9.17) is 0 Å². The number of hydrogen-bond donors (Lipinski definition) is 0. The molecule has 0 aromatic rings. The summed E-state index contributed by atoms with van der Waals surface area (Å²) in [4.78, 5) is 11.3. The van der Waals surface area contributed by atoms with E-state index in [2.05, 4.69) is 6.58 Å². The van der Waals surface area contributed by atoms with Crippen molar-refractivity contribution >= 4 is 5.78 Å². The lowest BCUT2D eigenvalue weighted by atomic mass is 9.97. The number of Topliss-reactive ketones (excluding diaryl/α,β-unsaturated/α-hetero) is 1. The minimum absolute atomic E-state index is 0.391. The van der Waals surface area contributed by atoms with Crippen molar-refractivity contribution in [3.05, 3.63) is 12.2 Å². The van der Waals surface area contributed by atoms with Gasteiger partial charge in [-0.25, -0.2) is 0 Å². The maximum Gasteiger partial charge on any atom is 0.136 e. The first-order valence-electron chi connectivity index (χ1n) is 4.97. The third-order valence-corrected chi connectivity index (χ3v) is 2.43. The van der Waals surface area contributed by atoms with E-state index in [0.717, 1.165) is 24.8 Å². The Kier molecular flexibility index (Phi) is 4.06. The van der Waals surface area contributed by atoms with Crippen LogP contribution in [-0.4, -0.2) is 5.78 Å². The molecule has 1 aliphatic rings. The lowest BCUT2D eigenvalue weighted by Gasteiger charge is -2.08. The molecule has 0 unspecified atom stereocenters. The summed E-state index contributed by atoms with van der Waals surface area (Å²) in [6, 6.07) is 0. The Morgan fingerprint density at radius 1 is 0.917 bits per heavy atom. The number of carbonyl (C=O) groups excluding carboxylic acids is 1. The number of allylic oxidation sites excluding steroid dienone is 1. The second kappa shape index (κ2) is 5.13. The molecular formula is C11H18O. The average molecular weight is 166 g/mol. The summed E-state index contributed by atoms with van der Waals surface area (Å²) < 4.78 is 0. The molecule has 1 rings (SSSR count). The molecule has 0 N–H and O–H groups in total. The van der Waals surface area contributed by atoms with Crippen LogP contribution in [0.2, 0.25) is 0 Å². The van der Waals surface area contributed by atoms with Gasteiger partial charge < -0.3 is 0 Å². The van der Waals surface area contributed by atoms with Crippen molar-refractivity contribution in [2.45, 2.75) is 51.4 Å². The second-order valence-electron chi connectivity index (χ2n) is 3.73. The van der Waals surface area contributed by atoms with Gasteiger partial charge in [0.2, 0.25) is 0 Å². The first-order chi connectivity index (χ1) is 5.79. The summed E-state index contributed by atoms with van der Waals surface area (Å²) in [6.45, 7) is 3.92. The van der Waals surface area contributed by atoms with Gasteiger partial charge in [0.25, 0.3) is 0 Å². The van der Waals surface area contributed by atoms with Crippen LogP contribution in [0.15, 0.2) is 12.2 Å². The Balaban J connectivity index is 2.34. The summed E-state index contributed by atoms with van der Waals surface area (Å²) in [5, 5.41) is 0. The van der Waals surface area contributed by atoms with Gasteiger partial charge in [-0.15, -0.1) is 0 Å². The zero-order chi connectivity index (χ0) is 8.81. The summed E-state index contributed by atoms with van der Waals surface area (Å²) in [5.41, 5.74) is 1.14. The Labute approximate surface area is 74.9 Å². The first-order valence-corrected chi connectivity index (χ1v) is 4.97. The Morgan fingerprint density at radius 3 is 2.25 bits per heavy atom. The molecule has 1 heteroatoms. The van der Waals surface area contributed by atoms with E-state index in [-0.39, 0.29) is 0 Å². The third kappa shape index (κ3) is 3.70. The number of carbonyl (C=O) groups is 1. The van der Waals surface area contributed by atoms with Crippen LogP contribution in [0.4, 0.5) is 0 Å². The fourth-order valence-electron chi connectivity index (χ4n) is 1.68. The van der Waals surface area contributed by atoms with Crippen molar-refractivity contribution in [2.24, 2.45) is 0 Å². The van der Waals surface area contributed by atoms with Crippen molar-refractivity contribution in [3.8, 4) is 0 Å². The molecule has 0 bridgehead atoms. The Bertz CT molecular complexity index is 152. The molecule has 0 amide bonds. The van der Waals surface area contributed by atoms with Crippen LogP contribution in [0.1, 0.15) is 51.4 Å². The van der Waals surface area contributed by atoms with Gasteiger partial charge >= 0.3 is 0 Å². The van der Waals surface area contributed by atoms with Crippen molar-refractivity contribution < 1.29 is 4.79 Å². The van der Waals surface area contributed by atoms with E-state index in [1.54, 1.807) is 0 Å². The SMILES string of the molecule is C=C1CCCCCCCC(=O)C1. The summed E-state index contributed by atoms with van der Waals surface area (Å²) in [5.74, 6) is 0.391. The quantitative estimate of drug-likeness (QED) is 0.505. The molecule has 1 fully saturated rings. The molecule has 0 aliphatic heterocycles. The standard InChI is InChI=1S/C11H18O/c1-10-7-5-3-2-4-6-8-11(12)9-10/h1-9H2. The fraction of sp³-hybridized carbons (Fsp3) is 0.727. The summed E-state index contributed by atoms with van der Waals surface area (Å²) in [7, 11) is 0. The molecule has 0 heterocycles. The molecular weight excluding hydrogens is 148 g/mol. The molecule has 0 aromatic heterocycles. The lowest BCUT2D eigenvalue weighted by molar-refractivity contribution is -0.118. The van der Waals surface area contributed by atoms with Crippen molar-refractivity contribution in [1.82, 2.24) is 0 Å². The highest BCUT2D eigenvalue weighted by Crippen LogP contribution is 2.17. The summed E-state index contributed by atoms with van der Waals surface area (Å²) >= 11 is 0. The highest BCUT2D eigenvalue weighted by atomic mass is 16.1. The van der Waals surface area contributed by atoms with Gasteiger partial charge in [-0.3, -0.25) is 4.79 Å². The maximum atomic E-state index is 11.3. The van der Waals surface area contributed by atoms with E-state index in [0.29, 0.717) is 12.2 Å². The van der Waals surface area contributed by atoms with Crippen LogP contribution in [0, 0.1) is 0 Å². The highest BCUT2D eigenvalue weighted by molar-refractivity contribution is 5.80. The Hall–Kier alpha value is -0.590. The van der Waals surface area contributed by atoms with E-state index >= 15 is 0 Å². The molecule has 0 atom stereocenters. The fourth-order valence-corrected chi connectivity index (χ4v) is 1.68. The van der Waals surface area contributed by atoms with E-state index < -0.39 is 0 Å². The molecule has 0 saturated heterocycles. The molecule has 12 heavy (non-hydrogen) atoms. The van der Waals surface area contributed by atoms with Gasteiger partial charge in [0.1, 0.15) is 5.78 Å². The van der Waals surface area contributed by atoms with Crippen LogP contribution < -0.4 is 0 Å². The molecule has 0 spiro atoms. The molecule has 68 valence electrons. The summed E-state index contributed by atoms with van der Waals surface area (Å²) in [6.07, 6.45) is 8.63. The van der Waals surface area contributed by atoms with Crippen molar-refractivity contribution in [2.75, 3.05) is 0 Å². The van der Waals surface area contributed by atoms with E-state index in [9.17, 15) is 4.79 Å². The van der Waals surface area contributed by atoms with Crippen LogP contribution in [0.5, 0.6) is 0 Å². The van der Waals surface area contributed by atoms with Crippen LogP contribution >= 0.6 is 0 Å². The van der Waals surface area contributed by atoms with Crippen LogP contribution in [-0.2, 0) is 4.79 Å². The molecule has 1 saturated carbocycles. The van der Waals surface area contributed by atoms with E-state index in [1.165, 1.54) is 25.7 Å².